The lowest BCUT2D eigenvalue weighted by atomic mass is 9.64. The number of Topliss-reactive ketones (excluding diaryl/α,β-unsaturated/α-hetero) is 1. The highest BCUT2D eigenvalue weighted by atomic mass is 16.4. The average molecular weight is 697 g/mol. The first-order valence-corrected chi connectivity index (χ1v) is 20.5. The SMILES string of the molecule is CCCCCCCCCCCC(CCCCCCCCCCC)(CCCCCCCCCCC)C(=O)C(C(=O)O)C(O)(CC(=O)O)C(=O)O. The summed E-state index contributed by atoms with van der Waals surface area (Å²) in [5.41, 5.74) is -4.34. The predicted molar refractivity (Wildman–Crippen MR) is 199 cm³/mol. The molecule has 8 heteroatoms. The summed E-state index contributed by atoms with van der Waals surface area (Å²) in [6.07, 6.45) is 29.4. The van der Waals surface area contributed by atoms with Crippen molar-refractivity contribution in [2.24, 2.45) is 11.3 Å². The monoisotopic (exact) mass is 697 g/mol. The van der Waals surface area contributed by atoms with Crippen LogP contribution in [-0.4, -0.2) is 49.7 Å². The molecule has 0 spiro atoms. The summed E-state index contributed by atoms with van der Waals surface area (Å²) in [6, 6.07) is 0. The Morgan fingerprint density at radius 3 is 0.939 bits per heavy atom. The van der Waals surface area contributed by atoms with E-state index in [2.05, 4.69) is 20.8 Å². The summed E-state index contributed by atoms with van der Waals surface area (Å²) < 4.78 is 0. The van der Waals surface area contributed by atoms with Gasteiger partial charge in [-0.15, -0.1) is 0 Å². The minimum atomic E-state index is -3.23. The molecule has 0 bridgehead atoms. The molecular weight excluding hydrogens is 620 g/mol. The predicted octanol–water partition coefficient (Wildman–Crippen LogP) is 11.3. The zero-order valence-electron chi connectivity index (χ0n) is 31.9. The Morgan fingerprint density at radius 1 is 0.449 bits per heavy atom. The van der Waals surface area contributed by atoms with Crippen LogP contribution in [0.25, 0.3) is 0 Å². The highest BCUT2D eigenvalue weighted by Crippen LogP contribution is 2.43. The highest BCUT2D eigenvalue weighted by molar-refractivity contribution is 6.07. The maximum Gasteiger partial charge on any atom is 0.337 e. The van der Waals surface area contributed by atoms with Crippen molar-refractivity contribution in [1.82, 2.24) is 0 Å². The van der Waals surface area contributed by atoms with Gasteiger partial charge in [-0.1, -0.05) is 194 Å². The van der Waals surface area contributed by atoms with Crippen LogP contribution < -0.4 is 0 Å². The summed E-state index contributed by atoms with van der Waals surface area (Å²) >= 11 is 0. The topological polar surface area (TPSA) is 149 Å². The largest absolute Gasteiger partial charge is 0.481 e. The maximum absolute atomic E-state index is 14.5. The van der Waals surface area contributed by atoms with Crippen LogP contribution in [0.3, 0.4) is 0 Å². The Hall–Kier alpha value is -1.96. The molecule has 0 aromatic rings. The molecule has 2 unspecified atom stereocenters. The van der Waals surface area contributed by atoms with E-state index in [9.17, 15) is 39.6 Å². The van der Waals surface area contributed by atoms with E-state index < -0.39 is 47.0 Å². The number of carboxylic acid groups (broad SMARTS) is 3. The second-order valence-electron chi connectivity index (χ2n) is 15.0. The van der Waals surface area contributed by atoms with Crippen LogP contribution in [0.2, 0.25) is 0 Å². The van der Waals surface area contributed by atoms with Crippen molar-refractivity contribution in [3.8, 4) is 0 Å². The minimum absolute atomic E-state index is 0.433. The first-order chi connectivity index (χ1) is 23.5. The molecule has 0 heterocycles. The molecule has 0 saturated carbocycles. The van der Waals surface area contributed by atoms with E-state index in [4.69, 9.17) is 0 Å². The number of ketones is 1. The molecule has 2 atom stereocenters. The number of aliphatic hydroxyl groups is 1. The summed E-state index contributed by atoms with van der Waals surface area (Å²) in [5.74, 6) is -8.57. The van der Waals surface area contributed by atoms with E-state index in [1.54, 1.807) is 0 Å². The zero-order chi connectivity index (χ0) is 36.8. The van der Waals surface area contributed by atoms with Crippen molar-refractivity contribution in [2.45, 2.75) is 225 Å². The Bertz CT molecular complexity index is 817. The van der Waals surface area contributed by atoms with E-state index in [0.29, 0.717) is 38.5 Å². The molecule has 8 nitrogen and oxygen atoms in total. The lowest BCUT2D eigenvalue weighted by Crippen LogP contribution is -2.57. The van der Waals surface area contributed by atoms with Gasteiger partial charge in [0.2, 0.25) is 0 Å². The Labute approximate surface area is 299 Å². The highest BCUT2D eigenvalue weighted by Gasteiger charge is 2.57. The Balaban J connectivity index is 6.01. The van der Waals surface area contributed by atoms with Crippen LogP contribution in [0.1, 0.15) is 220 Å². The number of hydrogen-bond donors (Lipinski definition) is 4. The van der Waals surface area contributed by atoms with Gasteiger partial charge in [-0.2, -0.15) is 0 Å². The molecular formula is C41H76O8. The molecule has 0 amide bonds. The van der Waals surface area contributed by atoms with Crippen molar-refractivity contribution in [1.29, 1.82) is 0 Å². The number of unbranched alkanes of at least 4 members (excludes halogenated alkanes) is 24. The van der Waals surface area contributed by atoms with Crippen molar-refractivity contribution < 1.29 is 39.6 Å². The van der Waals surface area contributed by atoms with Crippen LogP contribution >= 0.6 is 0 Å². The second kappa shape index (κ2) is 29.7. The third-order valence-electron chi connectivity index (χ3n) is 10.6. The van der Waals surface area contributed by atoms with E-state index in [-0.39, 0.29) is 0 Å². The van der Waals surface area contributed by atoms with Crippen LogP contribution in [0, 0.1) is 11.3 Å². The van der Waals surface area contributed by atoms with Crippen molar-refractivity contribution in [3.05, 3.63) is 0 Å². The third kappa shape index (κ3) is 21.1. The normalized spacial score (nSPS) is 13.6. The lowest BCUT2D eigenvalue weighted by molar-refractivity contribution is -0.183. The van der Waals surface area contributed by atoms with Crippen molar-refractivity contribution in [3.63, 3.8) is 0 Å². The van der Waals surface area contributed by atoms with E-state index in [1.807, 2.05) is 0 Å². The number of aliphatic carboxylic acids is 3. The zero-order valence-corrected chi connectivity index (χ0v) is 31.9. The van der Waals surface area contributed by atoms with Crippen LogP contribution in [0.4, 0.5) is 0 Å². The first-order valence-electron chi connectivity index (χ1n) is 20.5. The summed E-state index contributed by atoms with van der Waals surface area (Å²) in [4.78, 5) is 51.1. The lowest BCUT2D eigenvalue weighted by Gasteiger charge is -2.38. The van der Waals surface area contributed by atoms with Crippen LogP contribution in [0.5, 0.6) is 0 Å². The summed E-state index contributed by atoms with van der Waals surface area (Å²) in [6.45, 7) is 6.60. The quantitative estimate of drug-likeness (QED) is 0.0370. The van der Waals surface area contributed by atoms with E-state index >= 15 is 0 Å². The number of hydrogen-bond acceptors (Lipinski definition) is 5. The van der Waals surface area contributed by atoms with Gasteiger partial charge >= 0.3 is 17.9 Å². The fourth-order valence-corrected chi connectivity index (χ4v) is 7.44. The van der Waals surface area contributed by atoms with Crippen molar-refractivity contribution in [2.75, 3.05) is 0 Å². The molecule has 0 aliphatic rings. The molecule has 0 aliphatic heterocycles. The number of carboxylic acids is 3. The maximum atomic E-state index is 14.5. The van der Waals surface area contributed by atoms with Gasteiger partial charge in [0.25, 0.3) is 0 Å². The van der Waals surface area contributed by atoms with Crippen LogP contribution in [-0.2, 0) is 19.2 Å². The molecule has 49 heavy (non-hydrogen) atoms. The van der Waals surface area contributed by atoms with Crippen molar-refractivity contribution >= 4 is 23.7 Å². The molecule has 0 aromatic heterocycles. The molecule has 0 aliphatic carbocycles. The van der Waals surface area contributed by atoms with Gasteiger partial charge in [-0.25, -0.2) is 4.79 Å². The average Bonchev–Trinajstić information content (AvgIpc) is 3.05. The summed E-state index contributed by atoms with van der Waals surface area (Å²) in [7, 11) is 0. The number of carbonyl (C=O) groups is 4. The standard InChI is InChI=1S/C41H76O8/c1-4-7-10-13-16-19-22-25-28-31-40(32-29-26-23-20-17-14-11-8-5-2,33-30-27-24-21-18-15-12-9-6-3)37(44)36(38(45)46)41(49,39(47)48)34-35(42)43/h36,49H,4-34H2,1-3H3,(H,42,43)(H,45,46)(H,47,48). The molecule has 4 N–H and O–H groups in total. The van der Waals surface area contributed by atoms with E-state index in [1.165, 1.54) is 96.3 Å². The minimum Gasteiger partial charge on any atom is -0.481 e. The number of rotatable bonds is 37. The molecule has 0 radical (unpaired) electrons. The van der Waals surface area contributed by atoms with E-state index in [0.717, 1.165) is 57.8 Å². The second-order valence-corrected chi connectivity index (χ2v) is 15.0. The smallest absolute Gasteiger partial charge is 0.337 e. The van der Waals surface area contributed by atoms with Crippen LogP contribution in [0.15, 0.2) is 0 Å². The van der Waals surface area contributed by atoms with Gasteiger partial charge in [-0.05, 0) is 19.3 Å². The molecule has 0 rings (SSSR count). The molecule has 0 saturated heterocycles. The van der Waals surface area contributed by atoms with Gasteiger partial charge in [0.15, 0.2) is 17.3 Å². The summed E-state index contributed by atoms with van der Waals surface area (Å²) in [5, 5.41) is 40.8. The van der Waals surface area contributed by atoms with Gasteiger partial charge < -0.3 is 20.4 Å². The fraction of sp³-hybridized carbons (Fsp3) is 0.902. The van der Waals surface area contributed by atoms with Gasteiger partial charge in [0.1, 0.15) is 0 Å². The Morgan fingerprint density at radius 2 is 0.714 bits per heavy atom. The van der Waals surface area contributed by atoms with Gasteiger partial charge in [-0.3, -0.25) is 14.4 Å². The molecule has 0 aromatic carbocycles. The fourth-order valence-electron chi connectivity index (χ4n) is 7.44. The first kappa shape index (κ1) is 47.0. The molecule has 0 fully saturated rings. The third-order valence-corrected chi connectivity index (χ3v) is 10.6. The molecule has 288 valence electrons. The van der Waals surface area contributed by atoms with Gasteiger partial charge in [0, 0.05) is 5.41 Å². The Kier molecular flexibility index (Phi) is 28.6. The van der Waals surface area contributed by atoms with Gasteiger partial charge in [0.05, 0.1) is 6.42 Å². The number of carbonyl (C=O) groups excluding carboxylic acids is 1.